The molecule has 1 aromatic rings. The Morgan fingerprint density at radius 3 is 3.00 bits per heavy atom. The highest BCUT2D eigenvalue weighted by atomic mass is 16.2. The van der Waals surface area contributed by atoms with Gasteiger partial charge in [0.15, 0.2) is 5.82 Å². The van der Waals surface area contributed by atoms with Crippen LogP contribution in [-0.4, -0.2) is 16.2 Å². The van der Waals surface area contributed by atoms with E-state index in [9.17, 15) is 4.79 Å². The van der Waals surface area contributed by atoms with Crippen LogP contribution in [0.3, 0.4) is 0 Å². The number of nitrogens with one attached hydrogen (secondary N) is 1. The molecular formula is C5H6N4O. The molecule has 0 fully saturated rings. The minimum Gasteiger partial charge on any atom is -0.351 e. The van der Waals surface area contributed by atoms with E-state index in [1.165, 1.54) is 6.20 Å². The van der Waals surface area contributed by atoms with Crippen molar-refractivity contribution in [1.29, 1.82) is 0 Å². The largest absolute Gasteiger partial charge is 0.351 e. The van der Waals surface area contributed by atoms with Gasteiger partial charge >= 0.3 is 6.03 Å². The van der Waals surface area contributed by atoms with Gasteiger partial charge in [0.05, 0.1) is 0 Å². The zero-order chi connectivity index (χ0) is 7.40. The van der Waals surface area contributed by atoms with E-state index < -0.39 is 6.03 Å². The lowest BCUT2D eigenvalue weighted by Gasteiger charge is -1.95. The van der Waals surface area contributed by atoms with Crippen molar-refractivity contribution in [3.63, 3.8) is 0 Å². The maximum atomic E-state index is 10.2. The monoisotopic (exact) mass is 138 g/mol. The van der Waals surface area contributed by atoms with Gasteiger partial charge in [-0.2, -0.15) is 5.10 Å². The number of hydrogen-bond donors (Lipinski definition) is 2. The van der Waals surface area contributed by atoms with E-state index in [0.29, 0.717) is 5.82 Å². The van der Waals surface area contributed by atoms with Gasteiger partial charge in [0.25, 0.3) is 0 Å². The summed E-state index contributed by atoms with van der Waals surface area (Å²) >= 11 is 0. The predicted octanol–water partition coefficient (Wildman–Crippen LogP) is -0.0328. The molecule has 0 aromatic carbocycles. The van der Waals surface area contributed by atoms with E-state index >= 15 is 0 Å². The van der Waals surface area contributed by atoms with E-state index in [0.717, 1.165) is 0 Å². The normalized spacial score (nSPS) is 8.80. The first-order chi connectivity index (χ1) is 4.79. The van der Waals surface area contributed by atoms with E-state index in [2.05, 4.69) is 15.5 Å². The molecule has 1 rings (SSSR count). The van der Waals surface area contributed by atoms with Gasteiger partial charge in [-0.25, -0.2) is 4.79 Å². The van der Waals surface area contributed by atoms with Crippen molar-refractivity contribution in [2.45, 2.75) is 0 Å². The van der Waals surface area contributed by atoms with Crippen LogP contribution in [0.4, 0.5) is 10.6 Å². The highest BCUT2D eigenvalue weighted by Crippen LogP contribution is 1.95. The third kappa shape index (κ3) is 1.70. The summed E-state index contributed by atoms with van der Waals surface area (Å²) < 4.78 is 0. The first kappa shape index (κ1) is 6.47. The smallest absolute Gasteiger partial charge is 0.317 e. The lowest BCUT2D eigenvalue weighted by Crippen LogP contribution is -2.20. The third-order valence-corrected chi connectivity index (χ3v) is 0.824. The van der Waals surface area contributed by atoms with Crippen LogP contribution in [0.15, 0.2) is 18.3 Å². The highest BCUT2D eigenvalue weighted by molar-refractivity contribution is 5.86. The number of hydrogen-bond acceptors (Lipinski definition) is 3. The molecule has 10 heavy (non-hydrogen) atoms. The number of nitrogens with zero attached hydrogens (tertiary/aromatic N) is 2. The zero-order valence-corrected chi connectivity index (χ0v) is 5.11. The van der Waals surface area contributed by atoms with Crippen molar-refractivity contribution < 1.29 is 4.79 Å². The molecule has 0 aliphatic carbocycles. The standard InChI is InChI=1S/C5H6N4O/c6-5(10)8-4-2-1-3-7-9-4/h1-3H,(H3,6,8,9,10). The molecule has 2 amide bonds. The Morgan fingerprint density at radius 1 is 1.70 bits per heavy atom. The van der Waals surface area contributed by atoms with Crippen molar-refractivity contribution >= 4 is 11.8 Å². The molecule has 0 spiro atoms. The van der Waals surface area contributed by atoms with E-state index in [1.807, 2.05) is 0 Å². The van der Waals surface area contributed by atoms with Gasteiger partial charge in [0.1, 0.15) is 0 Å². The third-order valence-electron chi connectivity index (χ3n) is 0.824. The van der Waals surface area contributed by atoms with Gasteiger partial charge in [-0.1, -0.05) is 0 Å². The van der Waals surface area contributed by atoms with Crippen molar-refractivity contribution in [1.82, 2.24) is 10.2 Å². The van der Waals surface area contributed by atoms with Crippen molar-refractivity contribution in [2.75, 3.05) is 5.32 Å². The SMILES string of the molecule is NC(=O)Nc1cccnn1. The number of aromatic nitrogens is 2. The van der Waals surface area contributed by atoms with Gasteiger partial charge in [-0.05, 0) is 12.1 Å². The molecule has 52 valence electrons. The number of primary amides is 1. The second-order valence-electron chi connectivity index (χ2n) is 1.60. The van der Waals surface area contributed by atoms with Crippen molar-refractivity contribution in [2.24, 2.45) is 5.73 Å². The van der Waals surface area contributed by atoms with Crippen LogP contribution in [0, 0.1) is 0 Å². The lowest BCUT2D eigenvalue weighted by atomic mass is 10.5. The molecular weight excluding hydrogens is 132 g/mol. The summed E-state index contributed by atoms with van der Waals surface area (Å²) in [5, 5.41) is 9.34. The Bertz CT molecular complexity index is 222. The van der Waals surface area contributed by atoms with Gasteiger partial charge in [0, 0.05) is 6.20 Å². The van der Waals surface area contributed by atoms with E-state index in [4.69, 9.17) is 5.73 Å². The molecule has 1 heterocycles. The van der Waals surface area contributed by atoms with Gasteiger partial charge < -0.3 is 5.73 Å². The first-order valence-corrected chi connectivity index (χ1v) is 2.63. The number of anilines is 1. The molecule has 0 unspecified atom stereocenters. The van der Waals surface area contributed by atoms with Gasteiger partial charge in [-0.3, -0.25) is 5.32 Å². The lowest BCUT2D eigenvalue weighted by molar-refractivity contribution is 0.259. The van der Waals surface area contributed by atoms with Crippen LogP contribution in [-0.2, 0) is 0 Å². The fourth-order valence-electron chi connectivity index (χ4n) is 0.494. The van der Waals surface area contributed by atoms with Crippen LogP contribution in [0.1, 0.15) is 0 Å². The highest BCUT2D eigenvalue weighted by Gasteiger charge is 1.93. The predicted molar refractivity (Wildman–Crippen MR) is 35.2 cm³/mol. The molecule has 0 bridgehead atoms. The summed E-state index contributed by atoms with van der Waals surface area (Å²) in [4.78, 5) is 10.2. The van der Waals surface area contributed by atoms with E-state index in [-0.39, 0.29) is 0 Å². The minimum absolute atomic E-state index is 0.356. The van der Waals surface area contributed by atoms with Crippen LogP contribution in [0.25, 0.3) is 0 Å². The van der Waals surface area contributed by atoms with Gasteiger partial charge in [0.2, 0.25) is 0 Å². The first-order valence-electron chi connectivity index (χ1n) is 2.63. The average molecular weight is 138 g/mol. The summed E-state index contributed by atoms with van der Waals surface area (Å²) in [6, 6.07) is 2.61. The number of nitrogens with two attached hydrogens (primary N) is 1. The second kappa shape index (κ2) is 2.77. The maximum Gasteiger partial charge on any atom is 0.317 e. The van der Waals surface area contributed by atoms with Crippen molar-refractivity contribution in [3.8, 4) is 0 Å². The zero-order valence-electron chi connectivity index (χ0n) is 5.11. The molecule has 3 N–H and O–H groups in total. The Hall–Kier alpha value is -1.65. The quantitative estimate of drug-likeness (QED) is 0.571. The van der Waals surface area contributed by atoms with Crippen LogP contribution < -0.4 is 11.1 Å². The molecule has 5 nitrogen and oxygen atoms in total. The van der Waals surface area contributed by atoms with E-state index in [1.54, 1.807) is 12.1 Å². The molecule has 0 saturated heterocycles. The number of carbonyl (C=O) groups excluding carboxylic acids is 1. The summed E-state index contributed by atoms with van der Waals surface area (Å²) in [6.45, 7) is 0. The average Bonchev–Trinajstić information content (AvgIpc) is 1.88. The summed E-state index contributed by atoms with van der Waals surface area (Å²) in [5.41, 5.74) is 4.81. The minimum atomic E-state index is -0.638. The summed E-state index contributed by atoms with van der Waals surface area (Å²) in [7, 11) is 0. The number of rotatable bonds is 1. The van der Waals surface area contributed by atoms with Gasteiger partial charge in [-0.15, -0.1) is 5.10 Å². The molecule has 0 aliphatic rings. The molecule has 0 atom stereocenters. The van der Waals surface area contributed by atoms with Crippen LogP contribution in [0.5, 0.6) is 0 Å². The Morgan fingerprint density at radius 2 is 2.50 bits per heavy atom. The number of amides is 2. The molecule has 5 heteroatoms. The fraction of sp³-hybridized carbons (Fsp3) is 0. The maximum absolute atomic E-state index is 10.2. The molecule has 0 saturated carbocycles. The van der Waals surface area contributed by atoms with Crippen LogP contribution >= 0.6 is 0 Å². The Balaban J connectivity index is 2.67. The van der Waals surface area contributed by atoms with Crippen LogP contribution in [0.2, 0.25) is 0 Å². The summed E-state index contributed by atoms with van der Waals surface area (Å²) in [6.07, 6.45) is 1.51. The number of urea groups is 1. The van der Waals surface area contributed by atoms with Crippen molar-refractivity contribution in [3.05, 3.63) is 18.3 Å². The fourth-order valence-corrected chi connectivity index (χ4v) is 0.494. The Labute approximate surface area is 57.3 Å². The topological polar surface area (TPSA) is 80.9 Å². The summed E-state index contributed by atoms with van der Waals surface area (Å²) in [5.74, 6) is 0.356. The Kier molecular flexibility index (Phi) is 1.79. The molecule has 0 aliphatic heterocycles. The number of carbonyl (C=O) groups is 1. The molecule has 0 radical (unpaired) electrons. The second-order valence-corrected chi connectivity index (χ2v) is 1.60. The molecule has 1 aromatic heterocycles.